The molecule has 0 spiro atoms. The lowest BCUT2D eigenvalue weighted by Crippen LogP contribution is -2.39. The van der Waals surface area contributed by atoms with Gasteiger partial charge in [0.05, 0.1) is 0 Å². The highest BCUT2D eigenvalue weighted by Crippen LogP contribution is 2.09. The molecule has 0 saturated carbocycles. The Morgan fingerprint density at radius 2 is 1.84 bits per heavy atom. The fourth-order valence-electron chi connectivity index (χ4n) is 1.73. The van der Waals surface area contributed by atoms with Crippen LogP contribution in [0, 0.1) is 10.1 Å². The van der Waals surface area contributed by atoms with Crippen LogP contribution in [0.25, 0.3) is 0 Å². The summed E-state index contributed by atoms with van der Waals surface area (Å²) in [6, 6.07) is 12.9. The number of hydrogen-bond acceptors (Lipinski definition) is 3. The Bertz CT molecular complexity index is 558. The summed E-state index contributed by atoms with van der Waals surface area (Å²) in [5.41, 5.74) is 1.73. The van der Waals surface area contributed by atoms with Crippen LogP contribution in [0.15, 0.2) is 48.7 Å². The van der Waals surface area contributed by atoms with Crippen LogP contribution in [-0.2, 0) is 13.1 Å². The number of halogens is 1. The Balaban J connectivity index is 0.00000180. The summed E-state index contributed by atoms with van der Waals surface area (Å²) in [5.74, 6) is 0. The predicted molar refractivity (Wildman–Crippen MR) is 69.8 cm³/mol. The Kier molecular flexibility index (Phi) is 5.41. The van der Waals surface area contributed by atoms with E-state index in [-0.39, 0.29) is 16.9 Å². The van der Waals surface area contributed by atoms with E-state index in [0.717, 1.165) is 5.56 Å². The molecule has 0 amide bonds. The van der Waals surface area contributed by atoms with E-state index in [0.29, 0.717) is 17.3 Å². The van der Waals surface area contributed by atoms with Gasteiger partial charge in [0.1, 0.15) is 0 Å². The lowest BCUT2D eigenvalue weighted by Gasteiger charge is -2.01. The molecule has 6 heteroatoms. The summed E-state index contributed by atoms with van der Waals surface area (Å²) in [6.45, 7) is 0.426. The first kappa shape index (κ1) is 15.1. The fraction of sp³-hybridized carbons (Fsp3) is 0.154. The largest absolute Gasteiger partial charge is 0.870 e. The number of nitro groups is 1. The predicted octanol–water partition coefficient (Wildman–Crippen LogP) is 2.28. The van der Waals surface area contributed by atoms with Crippen molar-refractivity contribution >= 4 is 11.6 Å². The van der Waals surface area contributed by atoms with Crippen molar-refractivity contribution in [3.05, 3.63) is 75.1 Å². The minimum Gasteiger partial charge on any atom is -0.870 e. The highest BCUT2D eigenvalue weighted by molar-refractivity contribution is 6.30. The molecule has 0 aliphatic carbocycles. The molecule has 0 fully saturated rings. The second-order valence-electron chi connectivity index (χ2n) is 3.94. The minimum absolute atomic E-state index is 0. The third-order valence-electron chi connectivity index (χ3n) is 2.59. The maximum Gasteiger partial charge on any atom is 0.286 e. The average Bonchev–Trinajstić information content (AvgIpc) is 2.34. The molecule has 0 atom stereocenters. The van der Waals surface area contributed by atoms with Gasteiger partial charge in [0.25, 0.3) is 12.2 Å². The molecule has 0 bridgehead atoms. The van der Waals surface area contributed by atoms with Gasteiger partial charge >= 0.3 is 0 Å². The Morgan fingerprint density at radius 3 is 2.47 bits per heavy atom. The van der Waals surface area contributed by atoms with Crippen molar-refractivity contribution < 1.29 is 15.0 Å². The highest BCUT2D eigenvalue weighted by Gasteiger charge is 2.15. The van der Waals surface area contributed by atoms with Crippen LogP contribution in [-0.4, -0.2) is 10.4 Å². The number of benzene rings is 1. The number of hydrogen-bond donors (Lipinski definition) is 0. The molecular formula is C13H13ClN2O3. The first-order chi connectivity index (χ1) is 8.65. The molecule has 1 heterocycles. The van der Waals surface area contributed by atoms with Crippen LogP contribution in [0.2, 0.25) is 5.02 Å². The molecular weight excluding hydrogens is 268 g/mol. The molecule has 0 radical (unpaired) electrons. The van der Waals surface area contributed by atoms with Crippen LogP contribution >= 0.6 is 11.6 Å². The Hall–Kier alpha value is -1.98. The standard InChI is InChI=1S/C13H12ClN2O2.H2O/c14-12-6-4-11(5-7-12)9-15-8-2-1-3-13(15)10-16(17)18;/h1-8H,9-10H2;1H2/q+1;/p-1. The van der Waals surface area contributed by atoms with Gasteiger partial charge in [0.15, 0.2) is 12.7 Å². The number of aromatic nitrogens is 1. The van der Waals surface area contributed by atoms with Crippen molar-refractivity contribution in [2.75, 3.05) is 0 Å². The summed E-state index contributed by atoms with van der Waals surface area (Å²) in [6.07, 6.45) is 1.84. The average molecular weight is 281 g/mol. The van der Waals surface area contributed by atoms with E-state index >= 15 is 0 Å². The van der Waals surface area contributed by atoms with Crippen molar-refractivity contribution in [3.63, 3.8) is 0 Å². The zero-order chi connectivity index (χ0) is 13.0. The van der Waals surface area contributed by atoms with E-state index in [1.807, 2.05) is 41.1 Å². The summed E-state index contributed by atoms with van der Waals surface area (Å²) < 4.78 is 1.87. The number of rotatable bonds is 4. The molecule has 0 aliphatic rings. The van der Waals surface area contributed by atoms with E-state index in [1.54, 1.807) is 12.1 Å². The monoisotopic (exact) mass is 280 g/mol. The molecule has 2 aromatic rings. The zero-order valence-electron chi connectivity index (χ0n) is 10.1. The first-order valence-electron chi connectivity index (χ1n) is 5.49. The maximum absolute atomic E-state index is 10.6. The van der Waals surface area contributed by atoms with Gasteiger partial charge < -0.3 is 5.48 Å². The molecule has 5 nitrogen and oxygen atoms in total. The van der Waals surface area contributed by atoms with Crippen molar-refractivity contribution in [2.24, 2.45) is 0 Å². The van der Waals surface area contributed by atoms with Gasteiger partial charge in [-0.3, -0.25) is 10.1 Å². The van der Waals surface area contributed by atoms with E-state index in [1.165, 1.54) is 0 Å². The molecule has 2 rings (SSSR count). The number of pyridine rings is 1. The van der Waals surface area contributed by atoms with Crippen LogP contribution in [0.1, 0.15) is 11.3 Å². The van der Waals surface area contributed by atoms with E-state index in [2.05, 4.69) is 0 Å². The van der Waals surface area contributed by atoms with Gasteiger partial charge in [-0.25, -0.2) is 0 Å². The normalized spacial score (nSPS) is 9.74. The summed E-state index contributed by atoms with van der Waals surface area (Å²) in [5, 5.41) is 11.3. The van der Waals surface area contributed by atoms with Crippen molar-refractivity contribution in [2.45, 2.75) is 13.1 Å². The van der Waals surface area contributed by atoms with Crippen molar-refractivity contribution in [1.29, 1.82) is 0 Å². The van der Waals surface area contributed by atoms with Crippen LogP contribution in [0.4, 0.5) is 0 Å². The third-order valence-corrected chi connectivity index (χ3v) is 2.84. The summed E-state index contributed by atoms with van der Waals surface area (Å²) >= 11 is 5.82. The second-order valence-corrected chi connectivity index (χ2v) is 4.37. The van der Waals surface area contributed by atoms with E-state index in [9.17, 15) is 10.1 Å². The molecule has 1 aromatic carbocycles. The third kappa shape index (κ3) is 4.31. The molecule has 100 valence electrons. The fourth-order valence-corrected chi connectivity index (χ4v) is 1.85. The van der Waals surface area contributed by atoms with Gasteiger partial charge in [0, 0.05) is 27.6 Å². The Morgan fingerprint density at radius 1 is 1.16 bits per heavy atom. The van der Waals surface area contributed by atoms with Crippen LogP contribution < -0.4 is 4.57 Å². The highest BCUT2D eigenvalue weighted by atomic mass is 35.5. The quantitative estimate of drug-likeness (QED) is 0.490. The summed E-state index contributed by atoms with van der Waals surface area (Å²) in [7, 11) is 0. The topological polar surface area (TPSA) is 77.0 Å². The summed E-state index contributed by atoms with van der Waals surface area (Å²) in [4.78, 5) is 10.3. The van der Waals surface area contributed by atoms with E-state index in [4.69, 9.17) is 11.6 Å². The maximum atomic E-state index is 10.6. The van der Waals surface area contributed by atoms with Gasteiger partial charge in [0.2, 0.25) is 0 Å². The molecule has 1 N–H and O–H groups in total. The second kappa shape index (κ2) is 6.82. The SMILES string of the molecule is O=[N+]([O-])Cc1cccc[n+]1Cc1ccc(Cl)cc1.[OH-]. The van der Waals surface area contributed by atoms with Gasteiger partial charge in [-0.15, -0.1) is 0 Å². The smallest absolute Gasteiger partial charge is 0.286 e. The van der Waals surface area contributed by atoms with Crippen LogP contribution in [0.5, 0.6) is 0 Å². The number of nitrogens with zero attached hydrogens (tertiary/aromatic N) is 2. The van der Waals surface area contributed by atoms with Gasteiger partial charge in [-0.2, -0.15) is 4.57 Å². The lowest BCUT2D eigenvalue weighted by atomic mass is 10.2. The van der Waals surface area contributed by atoms with Crippen molar-refractivity contribution in [1.82, 2.24) is 0 Å². The molecule has 19 heavy (non-hydrogen) atoms. The van der Waals surface area contributed by atoms with Crippen LogP contribution in [0.3, 0.4) is 0 Å². The van der Waals surface area contributed by atoms with E-state index < -0.39 is 0 Å². The van der Waals surface area contributed by atoms with Gasteiger partial charge in [-0.05, 0) is 18.2 Å². The zero-order valence-corrected chi connectivity index (χ0v) is 10.8. The molecule has 0 unspecified atom stereocenters. The van der Waals surface area contributed by atoms with Crippen molar-refractivity contribution in [3.8, 4) is 0 Å². The molecule has 0 aliphatic heterocycles. The Labute approximate surface area is 115 Å². The molecule has 0 saturated heterocycles. The molecule has 1 aromatic heterocycles. The minimum atomic E-state index is -0.326. The lowest BCUT2D eigenvalue weighted by molar-refractivity contribution is -0.708. The van der Waals surface area contributed by atoms with Gasteiger partial charge in [-0.1, -0.05) is 23.7 Å². The first-order valence-corrected chi connectivity index (χ1v) is 5.86.